The minimum Gasteiger partial charge on any atom is -0.366 e. The maximum Gasteiger partial charge on any atom is 0.104 e. The first-order chi connectivity index (χ1) is 10.6. The highest BCUT2D eigenvalue weighted by Gasteiger charge is 2.25. The van der Waals surface area contributed by atoms with E-state index in [2.05, 4.69) is 17.0 Å². The second kappa shape index (κ2) is 7.43. The molecule has 0 aromatic heterocycles. The third-order valence-corrected chi connectivity index (χ3v) is 4.56. The van der Waals surface area contributed by atoms with E-state index in [1.807, 2.05) is 44.4 Å². The van der Waals surface area contributed by atoms with E-state index in [1.54, 1.807) is 5.37 Å². The van der Waals surface area contributed by atoms with Gasteiger partial charge < -0.3 is 4.90 Å². The van der Waals surface area contributed by atoms with Gasteiger partial charge in [-0.15, -0.1) is 12.4 Å². The van der Waals surface area contributed by atoms with E-state index in [4.69, 9.17) is 28.8 Å². The number of halogens is 2. The molecule has 1 heterocycles. The molecule has 1 aliphatic rings. The molecule has 0 amide bonds. The second-order valence-corrected chi connectivity index (χ2v) is 6.26. The predicted octanol–water partition coefficient (Wildman–Crippen LogP) is 4.72. The van der Waals surface area contributed by atoms with E-state index in [0.29, 0.717) is 0 Å². The fourth-order valence-corrected chi connectivity index (χ4v) is 3.15. The van der Waals surface area contributed by atoms with Crippen LogP contribution in [0.2, 0.25) is 5.02 Å². The quantitative estimate of drug-likeness (QED) is 0.716. The molecule has 0 spiro atoms. The summed E-state index contributed by atoms with van der Waals surface area (Å²) in [4.78, 5) is 7.00. The number of thiocarbonyl (C=S) groups is 1. The third-order valence-electron chi connectivity index (χ3n) is 3.94. The topological polar surface area (TPSA) is 15.6 Å². The van der Waals surface area contributed by atoms with Gasteiger partial charge in [-0.25, -0.2) is 0 Å². The summed E-state index contributed by atoms with van der Waals surface area (Å²) >= 11 is 11.5. The Balaban J connectivity index is 0.00000192. The molecule has 1 aliphatic heterocycles. The van der Waals surface area contributed by atoms with Crippen molar-refractivity contribution in [1.29, 1.82) is 0 Å². The van der Waals surface area contributed by atoms with E-state index in [1.165, 1.54) is 11.1 Å². The monoisotopic (exact) mass is 364 g/mol. The van der Waals surface area contributed by atoms with Crippen molar-refractivity contribution in [2.24, 2.45) is 4.99 Å². The van der Waals surface area contributed by atoms with Crippen LogP contribution in [0.15, 0.2) is 47.5 Å². The molecule has 1 unspecified atom stereocenters. The third kappa shape index (κ3) is 3.57. The number of fused-ring (bicyclic) bond motifs is 1. The van der Waals surface area contributed by atoms with Crippen molar-refractivity contribution in [1.82, 2.24) is 4.90 Å². The molecule has 5 heteroatoms. The van der Waals surface area contributed by atoms with Crippen molar-refractivity contribution in [3.63, 3.8) is 0 Å². The SMILES string of the molecule is CN(C)C1=NC(c2ccccc2Cl)c2ccc(C=S)cc2C1.Cl. The van der Waals surface area contributed by atoms with Crippen LogP contribution in [0, 0.1) is 0 Å². The number of nitrogens with zero attached hydrogens (tertiary/aromatic N) is 2. The van der Waals surface area contributed by atoms with Gasteiger partial charge in [0.2, 0.25) is 0 Å². The Labute approximate surface area is 153 Å². The Bertz CT molecular complexity index is 756. The minimum absolute atomic E-state index is 0. The molecule has 3 rings (SSSR count). The van der Waals surface area contributed by atoms with Crippen LogP contribution in [0.1, 0.15) is 28.3 Å². The molecule has 1 atom stereocenters. The van der Waals surface area contributed by atoms with Gasteiger partial charge in [-0.2, -0.15) is 0 Å². The van der Waals surface area contributed by atoms with Gasteiger partial charge in [-0.3, -0.25) is 4.99 Å². The molecule has 120 valence electrons. The maximum atomic E-state index is 6.40. The van der Waals surface area contributed by atoms with E-state index in [-0.39, 0.29) is 18.4 Å². The molecule has 2 aromatic rings. The summed E-state index contributed by atoms with van der Waals surface area (Å²) in [6, 6.07) is 14.2. The number of hydrogen-bond donors (Lipinski definition) is 0. The van der Waals surface area contributed by atoms with Crippen molar-refractivity contribution in [3.05, 3.63) is 69.7 Å². The van der Waals surface area contributed by atoms with E-state index < -0.39 is 0 Å². The van der Waals surface area contributed by atoms with E-state index in [0.717, 1.165) is 28.4 Å². The zero-order valence-corrected chi connectivity index (χ0v) is 15.4. The molecule has 0 aliphatic carbocycles. The van der Waals surface area contributed by atoms with Crippen LogP contribution in [-0.4, -0.2) is 30.2 Å². The summed E-state index contributed by atoms with van der Waals surface area (Å²) in [5.74, 6) is 1.05. The van der Waals surface area contributed by atoms with Crippen LogP contribution >= 0.6 is 36.2 Å². The fourth-order valence-electron chi connectivity index (χ4n) is 2.76. The van der Waals surface area contributed by atoms with Crippen molar-refractivity contribution in [2.45, 2.75) is 12.5 Å². The van der Waals surface area contributed by atoms with Crippen LogP contribution in [0.5, 0.6) is 0 Å². The summed E-state index contributed by atoms with van der Waals surface area (Å²) in [5, 5.41) is 2.47. The predicted molar refractivity (Wildman–Crippen MR) is 105 cm³/mol. The Hall–Kier alpha value is -1.42. The summed E-state index contributed by atoms with van der Waals surface area (Å²) in [6.07, 6.45) is 0.820. The molecule has 0 bridgehead atoms. The van der Waals surface area contributed by atoms with Crippen molar-refractivity contribution >= 4 is 47.4 Å². The van der Waals surface area contributed by atoms with Crippen LogP contribution < -0.4 is 0 Å². The van der Waals surface area contributed by atoms with Crippen molar-refractivity contribution in [3.8, 4) is 0 Å². The summed E-state index contributed by atoms with van der Waals surface area (Å²) < 4.78 is 0. The summed E-state index contributed by atoms with van der Waals surface area (Å²) in [5.41, 5.74) is 4.58. The Morgan fingerprint density at radius 3 is 2.57 bits per heavy atom. The van der Waals surface area contributed by atoms with Crippen LogP contribution in [0.4, 0.5) is 0 Å². The van der Waals surface area contributed by atoms with E-state index >= 15 is 0 Å². The molecule has 0 saturated heterocycles. The minimum atomic E-state index is -0.0611. The zero-order chi connectivity index (χ0) is 15.7. The lowest BCUT2D eigenvalue weighted by molar-refractivity contribution is 0.592. The van der Waals surface area contributed by atoms with Gasteiger partial charge in [0, 0.05) is 30.9 Å². The number of rotatable bonds is 2. The standard InChI is InChI=1S/C18H17ClN2S.ClH/c1-21(2)17-10-13-9-12(11-22)7-8-14(13)18(20-17)15-5-3-4-6-16(15)19;/h3-9,11,18H,10H2,1-2H3;1H. The molecule has 0 fully saturated rings. The Kier molecular flexibility index (Phi) is 5.79. The average molecular weight is 365 g/mol. The molecular weight excluding hydrogens is 347 g/mol. The lowest BCUT2D eigenvalue weighted by Crippen LogP contribution is -2.29. The highest BCUT2D eigenvalue weighted by molar-refractivity contribution is 7.79. The van der Waals surface area contributed by atoms with Gasteiger partial charge in [0.15, 0.2) is 0 Å². The fraction of sp³-hybridized carbons (Fsp3) is 0.222. The van der Waals surface area contributed by atoms with Gasteiger partial charge in [0.05, 0.1) is 0 Å². The van der Waals surface area contributed by atoms with Crippen molar-refractivity contribution in [2.75, 3.05) is 14.1 Å². The van der Waals surface area contributed by atoms with Crippen LogP contribution in [-0.2, 0) is 6.42 Å². The molecule has 0 radical (unpaired) electrons. The summed E-state index contributed by atoms with van der Waals surface area (Å²) in [6.45, 7) is 0. The molecular formula is C18H18Cl2N2S. The largest absolute Gasteiger partial charge is 0.366 e. The molecule has 0 N–H and O–H groups in total. The normalized spacial score (nSPS) is 16.0. The first-order valence-electron chi connectivity index (χ1n) is 7.16. The molecule has 0 saturated carbocycles. The van der Waals surface area contributed by atoms with Gasteiger partial charge in [0.1, 0.15) is 11.9 Å². The number of hydrogen-bond acceptors (Lipinski definition) is 3. The number of benzene rings is 2. The van der Waals surface area contributed by atoms with Gasteiger partial charge in [-0.05, 0) is 28.3 Å². The Morgan fingerprint density at radius 2 is 1.91 bits per heavy atom. The smallest absolute Gasteiger partial charge is 0.104 e. The van der Waals surface area contributed by atoms with Crippen LogP contribution in [0.3, 0.4) is 0 Å². The van der Waals surface area contributed by atoms with Gasteiger partial charge in [-0.1, -0.05) is 60.2 Å². The molecule has 2 aromatic carbocycles. The highest BCUT2D eigenvalue weighted by atomic mass is 35.5. The maximum absolute atomic E-state index is 6.40. The van der Waals surface area contributed by atoms with E-state index in [9.17, 15) is 0 Å². The second-order valence-electron chi connectivity index (χ2n) is 5.62. The van der Waals surface area contributed by atoms with Crippen molar-refractivity contribution < 1.29 is 0 Å². The van der Waals surface area contributed by atoms with Gasteiger partial charge in [0.25, 0.3) is 0 Å². The summed E-state index contributed by atoms with van der Waals surface area (Å²) in [7, 11) is 4.05. The van der Waals surface area contributed by atoms with Crippen LogP contribution in [0.25, 0.3) is 0 Å². The first-order valence-corrected chi connectivity index (χ1v) is 8.01. The Morgan fingerprint density at radius 1 is 1.17 bits per heavy atom. The number of likely N-dealkylation sites (N-methyl/N-ethyl adjacent to an activating group) is 1. The lowest BCUT2D eigenvalue weighted by atomic mass is 9.89. The lowest BCUT2D eigenvalue weighted by Gasteiger charge is -2.28. The van der Waals surface area contributed by atoms with Gasteiger partial charge >= 0.3 is 0 Å². The number of amidine groups is 1. The highest BCUT2D eigenvalue weighted by Crippen LogP contribution is 2.36. The molecule has 23 heavy (non-hydrogen) atoms. The molecule has 2 nitrogen and oxygen atoms in total. The number of aliphatic imine (C=N–C) groups is 1. The first kappa shape index (κ1) is 17.9. The zero-order valence-electron chi connectivity index (χ0n) is 13.0. The average Bonchev–Trinajstić information content (AvgIpc) is 2.53.